The van der Waals surface area contributed by atoms with Crippen molar-refractivity contribution < 1.29 is 14.6 Å². The molecule has 2 heterocycles. The topological polar surface area (TPSA) is 89.4 Å². The predicted molar refractivity (Wildman–Crippen MR) is 141 cm³/mol. The third-order valence-electron chi connectivity index (χ3n) is 6.67. The van der Waals surface area contributed by atoms with E-state index in [2.05, 4.69) is 46.1 Å². The van der Waals surface area contributed by atoms with Gasteiger partial charge in [0.1, 0.15) is 18.4 Å². The molecule has 0 aliphatic carbocycles. The Kier molecular flexibility index (Phi) is 7.32. The Morgan fingerprint density at radius 3 is 2.56 bits per heavy atom. The van der Waals surface area contributed by atoms with E-state index in [9.17, 15) is 9.90 Å². The summed E-state index contributed by atoms with van der Waals surface area (Å²) in [5.74, 6) is 0.0576. The van der Waals surface area contributed by atoms with E-state index in [1.165, 1.54) is 5.56 Å². The monoisotopic (exact) mass is 484 g/mol. The molecule has 0 bridgehead atoms. The number of nitrogens with one attached hydrogen (secondary N) is 3. The van der Waals surface area contributed by atoms with Crippen molar-refractivity contribution in [1.82, 2.24) is 20.7 Å². The van der Waals surface area contributed by atoms with Crippen LogP contribution in [0, 0.1) is 0 Å². The van der Waals surface area contributed by atoms with Crippen LogP contribution in [-0.2, 0) is 24.2 Å². The van der Waals surface area contributed by atoms with Crippen LogP contribution in [0.4, 0.5) is 0 Å². The second-order valence-corrected chi connectivity index (χ2v) is 9.29. The molecule has 0 saturated carbocycles. The highest BCUT2D eigenvalue weighted by Gasteiger charge is 2.53. The number of carboxylic acids is 1. The van der Waals surface area contributed by atoms with E-state index < -0.39 is 12.0 Å². The van der Waals surface area contributed by atoms with Crippen LogP contribution in [0.25, 0.3) is 10.9 Å². The summed E-state index contributed by atoms with van der Waals surface area (Å²) in [5.41, 5.74) is 7.91. The van der Waals surface area contributed by atoms with E-state index in [1.807, 2.05) is 66.7 Å². The van der Waals surface area contributed by atoms with Crippen LogP contribution in [0.1, 0.15) is 23.6 Å². The second kappa shape index (κ2) is 11.0. The number of rotatable bonds is 12. The fourth-order valence-corrected chi connectivity index (χ4v) is 4.67. The van der Waals surface area contributed by atoms with Gasteiger partial charge in [-0.25, -0.2) is 10.4 Å². The molecule has 1 aliphatic rings. The van der Waals surface area contributed by atoms with Crippen LogP contribution in [0.15, 0.2) is 85.1 Å². The molecule has 7 nitrogen and oxygen atoms in total. The molecule has 0 spiro atoms. The zero-order valence-electron chi connectivity index (χ0n) is 20.4. The average Bonchev–Trinajstić information content (AvgIpc) is 3.41. The maximum atomic E-state index is 11.8. The molecule has 1 fully saturated rings. The third kappa shape index (κ3) is 5.76. The molecule has 4 N–H and O–H groups in total. The van der Waals surface area contributed by atoms with Gasteiger partial charge in [0.25, 0.3) is 0 Å². The smallest absolute Gasteiger partial charge is 0.324 e. The van der Waals surface area contributed by atoms with Gasteiger partial charge in [0.05, 0.1) is 12.2 Å². The van der Waals surface area contributed by atoms with Gasteiger partial charge in [-0.3, -0.25) is 4.79 Å². The fraction of sp³-hybridized carbons (Fsp3) is 0.276. The molecule has 5 rings (SSSR count). The molecule has 4 aromatic rings. The standard InChI is InChI=1S/C29H32N4O3/c1-20(30-16-15-21-11-13-24(14-12-21)36-19-22-7-3-2-4-8-22)32-33-27(28(33)29(34)35)17-23-18-31-26-10-6-5-9-25(23)26/h2-14,18,20,27-28,30-32H,15-17,19H2,1H3,(H,34,35)/t20?,27-,28-,33?/m0/s1. The van der Waals surface area contributed by atoms with Gasteiger partial charge >= 0.3 is 5.97 Å². The van der Waals surface area contributed by atoms with Crippen molar-refractivity contribution in [2.75, 3.05) is 6.54 Å². The Balaban J connectivity index is 1.07. The number of H-pyrrole nitrogens is 1. The van der Waals surface area contributed by atoms with Gasteiger partial charge in [0.15, 0.2) is 0 Å². The molecule has 3 aromatic carbocycles. The van der Waals surface area contributed by atoms with E-state index in [0.29, 0.717) is 13.0 Å². The minimum Gasteiger partial charge on any atom is -0.489 e. The fourth-order valence-electron chi connectivity index (χ4n) is 4.67. The predicted octanol–water partition coefficient (Wildman–Crippen LogP) is 4.11. The lowest BCUT2D eigenvalue weighted by Crippen LogP contribution is -2.45. The number of nitrogens with zero attached hydrogens (tertiary/aromatic N) is 1. The summed E-state index contributed by atoms with van der Waals surface area (Å²) in [7, 11) is 0. The Morgan fingerprint density at radius 2 is 1.78 bits per heavy atom. The summed E-state index contributed by atoms with van der Waals surface area (Å²) in [4.78, 5) is 15.1. The molecule has 2 unspecified atom stereocenters. The van der Waals surface area contributed by atoms with Crippen molar-refractivity contribution in [3.05, 3.63) is 102 Å². The number of fused-ring (bicyclic) bond motifs is 1. The van der Waals surface area contributed by atoms with E-state index >= 15 is 0 Å². The number of para-hydroxylation sites is 1. The molecule has 1 saturated heterocycles. The number of aromatic amines is 1. The number of benzene rings is 3. The summed E-state index contributed by atoms with van der Waals surface area (Å²) in [6.07, 6.45) is 3.49. The normalized spacial score (nSPS) is 19.8. The number of ether oxygens (including phenoxy) is 1. The number of carboxylic acid groups (broad SMARTS) is 1. The lowest BCUT2D eigenvalue weighted by Gasteiger charge is -2.17. The first kappa shape index (κ1) is 24.1. The molecule has 36 heavy (non-hydrogen) atoms. The Morgan fingerprint density at radius 1 is 1.03 bits per heavy atom. The zero-order chi connectivity index (χ0) is 24.9. The Hall–Kier alpha value is -3.65. The first-order valence-corrected chi connectivity index (χ1v) is 12.4. The van der Waals surface area contributed by atoms with Crippen LogP contribution in [-0.4, -0.2) is 45.9 Å². The van der Waals surface area contributed by atoms with Crippen LogP contribution in [0.3, 0.4) is 0 Å². The molecule has 4 atom stereocenters. The lowest BCUT2D eigenvalue weighted by molar-refractivity contribution is -0.137. The highest BCUT2D eigenvalue weighted by Crippen LogP contribution is 2.31. The van der Waals surface area contributed by atoms with Crippen LogP contribution in [0.5, 0.6) is 5.75 Å². The summed E-state index contributed by atoms with van der Waals surface area (Å²) < 4.78 is 5.86. The van der Waals surface area contributed by atoms with Crippen molar-refractivity contribution in [2.45, 2.75) is 44.6 Å². The molecule has 0 radical (unpaired) electrons. The lowest BCUT2D eigenvalue weighted by atomic mass is 10.1. The number of hydrazine groups is 1. The highest BCUT2D eigenvalue weighted by atomic mass is 16.5. The number of aliphatic carboxylic acids is 1. The van der Waals surface area contributed by atoms with Crippen LogP contribution < -0.4 is 15.5 Å². The summed E-state index contributed by atoms with van der Waals surface area (Å²) in [6, 6.07) is 25.8. The van der Waals surface area contributed by atoms with Gasteiger partial charge in [-0.15, -0.1) is 0 Å². The summed E-state index contributed by atoms with van der Waals surface area (Å²) in [6.45, 7) is 3.34. The maximum Gasteiger partial charge on any atom is 0.324 e. The van der Waals surface area contributed by atoms with E-state index in [1.54, 1.807) is 0 Å². The second-order valence-electron chi connectivity index (χ2n) is 9.29. The summed E-state index contributed by atoms with van der Waals surface area (Å²) >= 11 is 0. The van der Waals surface area contributed by atoms with Gasteiger partial charge in [-0.05, 0) is 54.7 Å². The molecule has 7 heteroatoms. The summed E-state index contributed by atoms with van der Waals surface area (Å²) in [5, 5.41) is 16.1. The molecular weight excluding hydrogens is 452 g/mol. The average molecular weight is 485 g/mol. The Bertz CT molecular complexity index is 1290. The molecule has 186 valence electrons. The molecule has 1 aromatic heterocycles. The van der Waals surface area contributed by atoms with E-state index in [4.69, 9.17) is 4.74 Å². The highest BCUT2D eigenvalue weighted by molar-refractivity contribution is 5.84. The van der Waals surface area contributed by atoms with Gasteiger partial charge in [0.2, 0.25) is 0 Å². The first-order chi connectivity index (χ1) is 17.6. The van der Waals surface area contributed by atoms with Gasteiger partial charge in [-0.2, -0.15) is 0 Å². The minimum absolute atomic E-state index is 0.0479. The number of carbonyl (C=O) groups is 1. The number of aromatic nitrogens is 1. The van der Waals surface area contributed by atoms with Crippen molar-refractivity contribution in [2.24, 2.45) is 0 Å². The number of hydrogen-bond donors (Lipinski definition) is 4. The third-order valence-corrected chi connectivity index (χ3v) is 6.67. The molecular formula is C29H32N4O3. The van der Waals surface area contributed by atoms with E-state index in [0.717, 1.165) is 40.7 Å². The zero-order valence-corrected chi connectivity index (χ0v) is 20.4. The minimum atomic E-state index is -0.797. The van der Waals surface area contributed by atoms with Crippen molar-refractivity contribution in [3.63, 3.8) is 0 Å². The SMILES string of the molecule is CC(NCCc1ccc(OCc2ccccc2)cc1)NN1[C@H](C(=O)O)[C@@H]1Cc1c[nH]c2ccccc12. The molecule has 0 amide bonds. The first-order valence-electron chi connectivity index (χ1n) is 12.4. The maximum absolute atomic E-state index is 11.8. The number of hydrogen-bond acceptors (Lipinski definition) is 5. The van der Waals surface area contributed by atoms with Crippen LogP contribution in [0.2, 0.25) is 0 Å². The van der Waals surface area contributed by atoms with Gasteiger partial charge in [-0.1, -0.05) is 60.7 Å². The van der Waals surface area contributed by atoms with Gasteiger partial charge < -0.3 is 20.1 Å². The van der Waals surface area contributed by atoms with Crippen molar-refractivity contribution >= 4 is 16.9 Å². The largest absolute Gasteiger partial charge is 0.489 e. The van der Waals surface area contributed by atoms with Crippen molar-refractivity contribution in [3.8, 4) is 5.75 Å². The van der Waals surface area contributed by atoms with Crippen molar-refractivity contribution in [1.29, 1.82) is 0 Å². The van der Waals surface area contributed by atoms with E-state index in [-0.39, 0.29) is 12.2 Å². The van der Waals surface area contributed by atoms with Gasteiger partial charge in [0, 0.05) is 23.6 Å². The Labute approximate surface area is 211 Å². The quantitative estimate of drug-likeness (QED) is 0.179. The van der Waals surface area contributed by atoms with Crippen LogP contribution >= 0.6 is 0 Å². The molecule has 1 aliphatic heterocycles.